The van der Waals surface area contributed by atoms with Crippen molar-refractivity contribution < 1.29 is 18.4 Å². The lowest BCUT2D eigenvalue weighted by molar-refractivity contribution is 0.0937. The first-order valence-electron chi connectivity index (χ1n) is 8.62. The minimum atomic E-state index is -0.923. The molecule has 26 heavy (non-hydrogen) atoms. The summed E-state index contributed by atoms with van der Waals surface area (Å²) >= 11 is 0. The molecule has 4 nitrogen and oxygen atoms in total. The minimum Gasteiger partial charge on any atom is -0.349 e. The molecule has 0 radical (unpaired) electrons. The van der Waals surface area contributed by atoms with Gasteiger partial charge in [-0.05, 0) is 55.7 Å². The lowest BCUT2D eigenvalue weighted by atomic mass is 10.1. The zero-order chi connectivity index (χ0) is 18.7. The Balaban J connectivity index is 1.73. The van der Waals surface area contributed by atoms with Crippen LogP contribution in [0.4, 0.5) is 14.5 Å². The number of carbonyl (C=O) groups is 2. The molecule has 0 aromatic heterocycles. The number of hydrogen-bond donors (Lipinski definition) is 2. The summed E-state index contributed by atoms with van der Waals surface area (Å²) in [7, 11) is 0. The Morgan fingerprint density at radius 3 is 2.27 bits per heavy atom. The highest BCUT2D eigenvalue weighted by Crippen LogP contribution is 2.21. The highest BCUT2D eigenvalue weighted by atomic mass is 19.1. The highest BCUT2D eigenvalue weighted by Gasteiger charge is 2.20. The third-order valence-electron chi connectivity index (χ3n) is 4.62. The Morgan fingerprint density at radius 2 is 1.65 bits per heavy atom. The topological polar surface area (TPSA) is 58.2 Å². The third-order valence-corrected chi connectivity index (χ3v) is 4.62. The summed E-state index contributed by atoms with van der Waals surface area (Å²) in [5.41, 5.74) is 0.892. The van der Waals surface area contributed by atoms with Crippen LogP contribution in [0.1, 0.15) is 52.0 Å². The summed E-state index contributed by atoms with van der Waals surface area (Å²) in [5, 5.41) is 5.49. The monoisotopic (exact) mass is 358 g/mol. The van der Waals surface area contributed by atoms with Crippen molar-refractivity contribution in [3.63, 3.8) is 0 Å². The van der Waals surface area contributed by atoms with Gasteiger partial charge in [0.1, 0.15) is 17.2 Å². The van der Waals surface area contributed by atoms with E-state index in [1.54, 1.807) is 25.1 Å². The third kappa shape index (κ3) is 3.90. The molecule has 0 spiro atoms. The second-order valence-electron chi connectivity index (χ2n) is 6.54. The molecule has 0 bridgehead atoms. The molecular weight excluding hydrogens is 338 g/mol. The van der Waals surface area contributed by atoms with E-state index in [9.17, 15) is 18.4 Å². The first-order valence-corrected chi connectivity index (χ1v) is 8.62. The van der Waals surface area contributed by atoms with Gasteiger partial charge in [0.15, 0.2) is 0 Å². The second-order valence-corrected chi connectivity index (χ2v) is 6.54. The SMILES string of the molecule is Cc1cc(C(=O)NC2CCCC2)ccc1NC(=O)c1c(F)cccc1F. The van der Waals surface area contributed by atoms with Crippen LogP contribution in [0.15, 0.2) is 36.4 Å². The molecule has 136 valence electrons. The van der Waals surface area contributed by atoms with Gasteiger partial charge in [0.2, 0.25) is 0 Å². The normalized spacial score (nSPS) is 14.3. The number of amides is 2. The second kappa shape index (κ2) is 7.64. The maximum absolute atomic E-state index is 13.7. The number of anilines is 1. The van der Waals surface area contributed by atoms with Crippen molar-refractivity contribution in [2.45, 2.75) is 38.6 Å². The molecule has 0 unspecified atom stereocenters. The molecule has 2 aromatic rings. The van der Waals surface area contributed by atoms with Crippen molar-refractivity contribution in [1.82, 2.24) is 5.32 Å². The van der Waals surface area contributed by atoms with E-state index in [1.165, 1.54) is 6.07 Å². The van der Waals surface area contributed by atoms with E-state index in [2.05, 4.69) is 10.6 Å². The molecule has 0 aliphatic heterocycles. The first-order chi connectivity index (χ1) is 12.5. The maximum Gasteiger partial charge on any atom is 0.261 e. The van der Waals surface area contributed by atoms with Crippen LogP contribution in [0.5, 0.6) is 0 Å². The van der Waals surface area contributed by atoms with Crippen molar-refractivity contribution in [2.24, 2.45) is 0 Å². The van der Waals surface area contributed by atoms with Crippen LogP contribution in [0.25, 0.3) is 0 Å². The number of aryl methyl sites for hydroxylation is 1. The number of nitrogens with one attached hydrogen (secondary N) is 2. The summed E-state index contributed by atoms with van der Waals surface area (Å²) in [6.45, 7) is 1.72. The van der Waals surface area contributed by atoms with Gasteiger partial charge < -0.3 is 10.6 Å². The molecule has 0 saturated heterocycles. The molecule has 0 heterocycles. The summed E-state index contributed by atoms with van der Waals surface area (Å²) < 4.78 is 27.4. The number of carbonyl (C=O) groups excluding carboxylic acids is 2. The van der Waals surface area contributed by atoms with Gasteiger partial charge >= 0.3 is 0 Å². The van der Waals surface area contributed by atoms with Crippen LogP contribution in [-0.2, 0) is 0 Å². The quantitative estimate of drug-likeness (QED) is 0.861. The molecule has 1 aliphatic rings. The molecule has 6 heteroatoms. The number of halogens is 2. The zero-order valence-electron chi connectivity index (χ0n) is 14.4. The summed E-state index contributed by atoms with van der Waals surface area (Å²) in [5.74, 6) is -2.87. The van der Waals surface area contributed by atoms with E-state index in [-0.39, 0.29) is 11.9 Å². The molecule has 1 saturated carbocycles. The zero-order valence-corrected chi connectivity index (χ0v) is 14.4. The van der Waals surface area contributed by atoms with Gasteiger partial charge in [-0.1, -0.05) is 18.9 Å². The van der Waals surface area contributed by atoms with E-state index < -0.39 is 23.1 Å². The fourth-order valence-corrected chi connectivity index (χ4v) is 3.18. The van der Waals surface area contributed by atoms with Gasteiger partial charge in [0.05, 0.1) is 0 Å². The van der Waals surface area contributed by atoms with Crippen LogP contribution in [0.2, 0.25) is 0 Å². The van der Waals surface area contributed by atoms with Gasteiger partial charge in [0, 0.05) is 17.3 Å². The van der Waals surface area contributed by atoms with Crippen molar-refractivity contribution in [2.75, 3.05) is 5.32 Å². The largest absolute Gasteiger partial charge is 0.349 e. The van der Waals surface area contributed by atoms with Crippen LogP contribution >= 0.6 is 0 Å². The summed E-state index contributed by atoms with van der Waals surface area (Å²) in [6, 6.07) is 8.27. The minimum absolute atomic E-state index is 0.155. The van der Waals surface area contributed by atoms with E-state index in [0.717, 1.165) is 37.8 Å². The van der Waals surface area contributed by atoms with Crippen molar-refractivity contribution in [3.05, 3.63) is 64.7 Å². The Kier molecular flexibility index (Phi) is 5.30. The van der Waals surface area contributed by atoms with Gasteiger partial charge in [-0.25, -0.2) is 8.78 Å². The maximum atomic E-state index is 13.7. The smallest absolute Gasteiger partial charge is 0.261 e. The predicted molar refractivity (Wildman–Crippen MR) is 95.2 cm³/mol. The van der Waals surface area contributed by atoms with Crippen LogP contribution < -0.4 is 10.6 Å². The van der Waals surface area contributed by atoms with Crippen LogP contribution in [0.3, 0.4) is 0 Å². The Labute approximate surface area is 150 Å². The van der Waals surface area contributed by atoms with Crippen LogP contribution in [-0.4, -0.2) is 17.9 Å². The summed E-state index contributed by atoms with van der Waals surface area (Å²) in [4.78, 5) is 24.5. The standard InChI is InChI=1S/C20H20F2N2O2/c1-12-11-13(19(25)23-14-5-2-3-6-14)9-10-17(12)24-20(26)18-15(21)7-4-8-16(18)22/h4,7-11,14H,2-3,5-6H2,1H3,(H,23,25)(H,24,26). The predicted octanol–water partition coefficient (Wildman–Crippen LogP) is 4.20. The summed E-state index contributed by atoms with van der Waals surface area (Å²) in [6.07, 6.45) is 4.24. The van der Waals surface area contributed by atoms with E-state index in [1.807, 2.05) is 0 Å². The molecule has 1 aliphatic carbocycles. The first kappa shape index (κ1) is 18.0. The fraction of sp³-hybridized carbons (Fsp3) is 0.300. The van der Waals surface area contributed by atoms with Crippen molar-refractivity contribution in [3.8, 4) is 0 Å². The molecular formula is C20H20F2N2O2. The highest BCUT2D eigenvalue weighted by molar-refractivity contribution is 6.05. The van der Waals surface area contributed by atoms with Gasteiger partial charge in [-0.15, -0.1) is 0 Å². The Hall–Kier alpha value is -2.76. The van der Waals surface area contributed by atoms with E-state index in [0.29, 0.717) is 16.8 Å². The van der Waals surface area contributed by atoms with E-state index >= 15 is 0 Å². The van der Waals surface area contributed by atoms with Crippen molar-refractivity contribution in [1.29, 1.82) is 0 Å². The lowest BCUT2D eigenvalue weighted by Gasteiger charge is -2.14. The molecule has 2 amide bonds. The molecule has 3 rings (SSSR count). The average Bonchev–Trinajstić information content (AvgIpc) is 3.09. The fourth-order valence-electron chi connectivity index (χ4n) is 3.18. The van der Waals surface area contributed by atoms with Crippen LogP contribution in [0, 0.1) is 18.6 Å². The average molecular weight is 358 g/mol. The number of benzene rings is 2. The molecule has 2 aromatic carbocycles. The van der Waals surface area contributed by atoms with E-state index in [4.69, 9.17) is 0 Å². The van der Waals surface area contributed by atoms with Gasteiger partial charge in [0.25, 0.3) is 11.8 Å². The number of hydrogen-bond acceptors (Lipinski definition) is 2. The molecule has 2 N–H and O–H groups in total. The lowest BCUT2D eigenvalue weighted by Crippen LogP contribution is -2.32. The Morgan fingerprint density at radius 1 is 1.00 bits per heavy atom. The van der Waals surface area contributed by atoms with Gasteiger partial charge in [-0.3, -0.25) is 9.59 Å². The van der Waals surface area contributed by atoms with Gasteiger partial charge in [-0.2, -0.15) is 0 Å². The molecule has 0 atom stereocenters. The number of rotatable bonds is 4. The molecule has 1 fully saturated rings. The van der Waals surface area contributed by atoms with Crippen molar-refractivity contribution >= 4 is 17.5 Å². The Bertz CT molecular complexity index is 825.